The maximum atomic E-state index is 3.87. The van der Waals surface area contributed by atoms with Crippen molar-refractivity contribution in [2.75, 3.05) is 0 Å². The van der Waals surface area contributed by atoms with Crippen molar-refractivity contribution in [1.29, 1.82) is 0 Å². The molecule has 1 atom stereocenters. The summed E-state index contributed by atoms with van der Waals surface area (Å²) in [6.45, 7) is 10.1. The first-order chi connectivity index (χ1) is 8.81. The lowest BCUT2D eigenvalue weighted by Gasteiger charge is -2.06. The number of unbranched alkanes of at least 4 members (excludes halogenated alkanes) is 8. The molecule has 0 heteroatoms. The molecule has 0 aromatic rings. The quantitative estimate of drug-likeness (QED) is 0.312. The molecule has 0 bridgehead atoms. The van der Waals surface area contributed by atoms with E-state index in [0.717, 1.165) is 31.6 Å². The molecule has 0 spiro atoms. The Balaban J connectivity index is 3.29. The molecule has 0 fully saturated rings. The van der Waals surface area contributed by atoms with Crippen LogP contribution >= 0.6 is 0 Å². The van der Waals surface area contributed by atoms with Crippen molar-refractivity contribution >= 4 is 0 Å². The summed E-state index contributed by atoms with van der Waals surface area (Å²) in [4.78, 5) is 0. The van der Waals surface area contributed by atoms with Gasteiger partial charge in [-0.2, -0.15) is 0 Å². The van der Waals surface area contributed by atoms with Crippen LogP contribution in [0.25, 0.3) is 0 Å². The van der Waals surface area contributed by atoms with E-state index < -0.39 is 0 Å². The molecule has 104 valence electrons. The fourth-order valence-corrected chi connectivity index (χ4v) is 2.03. The Kier molecular flexibility index (Phi) is 14.3. The maximum Gasteiger partial charge on any atom is 0.0114 e. The lowest BCUT2D eigenvalue weighted by atomic mass is 9.99. The second-order valence-electron chi connectivity index (χ2n) is 5.38. The molecule has 0 rings (SSSR count). The molecule has 1 unspecified atom stereocenters. The standard InChI is InChI=1S/C18H32/c1-4-6-8-10-11-13-15-17-18(3)16-14-12-9-7-5-2/h18H,1-2,4-12,14,16-17H2,3H3. The summed E-state index contributed by atoms with van der Waals surface area (Å²) in [5.74, 6) is 7.42. The lowest BCUT2D eigenvalue weighted by molar-refractivity contribution is 0.496. The minimum atomic E-state index is 0.775. The molecule has 0 N–H and O–H groups in total. The molecule has 0 aromatic carbocycles. The van der Waals surface area contributed by atoms with Crippen LogP contribution in [0.15, 0.2) is 0 Å². The van der Waals surface area contributed by atoms with Gasteiger partial charge in [0.25, 0.3) is 0 Å². The molecular weight excluding hydrogens is 216 g/mol. The van der Waals surface area contributed by atoms with E-state index in [-0.39, 0.29) is 0 Å². The van der Waals surface area contributed by atoms with Crippen LogP contribution in [-0.4, -0.2) is 0 Å². The minimum absolute atomic E-state index is 0.775. The Labute approximate surface area is 116 Å². The SMILES string of the molecule is [CH2]CCCCCC#CCC(C)CCCCCC[CH2]. The van der Waals surface area contributed by atoms with Crippen molar-refractivity contribution in [3.8, 4) is 11.8 Å². The Morgan fingerprint density at radius 1 is 0.778 bits per heavy atom. The van der Waals surface area contributed by atoms with Crippen molar-refractivity contribution in [3.05, 3.63) is 13.8 Å². The summed E-state index contributed by atoms with van der Waals surface area (Å²) >= 11 is 0. The Morgan fingerprint density at radius 3 is 2.06 bits per heavy atom. The summed E-state index contributed by atoms with van der Waals surface area (Å²) in [5.41, 5.74) is 0. The van der Waals surface area contributed by atoms with E-state index in [4.69, 9.17) is 0 Å². The molecule has 0 aliphatic heterocycles. The average molecular weight is 248 g/mol. The summed E-state index contributed by atoms with van der Waals surface area (Å²) in [6.07, 6.45) is 14.9. The molecule has 0 aromatic heterocycles. The van der Waals surface area contributed by atoms with Gasteiger partial charge in [-0.25, -0.2) is 0 Å². The van der Waals surface area contributed by atoms with Gasteiger partial charge in [-0.3, -0.25) is 0 Å². The van der Waals surface area contributed by atoms with Gasteiger partial charge in [0.15, 0.2) is 0 Å². The average Bonchev–Trinajstić information content (AvgIpc) is 2.37. The van der Waals surface area contributed by atoms with Gasteiger partial charge in [0, 0.05) is 12.8 Å². The van der Waals surface area contributed by atoms with Gasteiger partial charge in [-0.15, -0.1) is 11.8 Å². The van der Waals surface area contributed by atoms with Crippen LogP contribution in [0.3, 0.4) is 0 Å². The van der Waals surface area contributed by atoms with Crippen molar-refractivity contribution in [2.24, 2.45) is 5.92 Å². The smallest absolute Gasteiger partial charge is 0.0114 e. The molecule has 0 aliphatic rings. The highest BCUT2D eigenvalue weighted by molar-refractivity contribution is 4.99. The Bertz CT molecular complexity index is 206. The zero-order valence-electron chi connectivity index (χ0n) is 12.5. The summed E-state index contributed by atoms with van der Waals surface area (Å²) in [6, 6.07) is 0. The van der Waals surface area contributed by atoms with Crippen molar-refractivity contribution in [1.82, 2.24) is 0 Å². The summed E-state index contributed by atoms with van der Waals surface area (Å²) < 4.78 is 0. The third-order valence-corrected chi connectivity index (χ3v) is 3.32. The number of hydrogen-bond donors (Lipinski definition) is 0. The molecule has 0 saturated carbocycles. The van der Waals surface area contributed by atoms with Crippen LogP contribution in [-0.2, 0) is 0 Å². The van der Waals surface area contributed by atoms with Gasteiger partial charge in [0.1, 0.15) is 0 Å². The highest BCUT2D eigenvalue weighted by atomic mass is 14.0. The van der Waals surface area contributed by atoms with E-state index in [9.17, 15) is 0 Å². The van der Waals surface area contributed by atoms with Crippen LogP contribution in [0.4, 0.5) is 0 Å². The zero-order chi connectivity index (χ0) is 13.5. The fourth-order valence-electron chi connectivity index (χ4n) is 2.03. The fraction of sp³-hybridized carbons (Fsp3) is 0.778. The van der Waals surface area contributed by atoms with E-state index in [1.54, 1.807) is 0 Å². The predicted molar refractivity (Wildman–Crippen MR) is 83.1 cm³/mol. The van der Waals surface area contributed by atoms with Crippen molar-refractivity contribution in [2.45, 2.75) is 84.0 Å². The Hall–Kier alpha value is -0.440. The van der Waals surface area contributed by atoms with Crippen molar-refractivity contribution in [3.63, 3.8) is 0 Å². The van der Waals surface area contributed by atoms with E-state index in [1.165, 1.54) is 51.4 Å². The minimum Gasteiger partial charge on any atom is -0.103 e. The van der Waals surface area contributed by atoms with Crippen LogP contribution in [0.2, 0.25) is 0 Å². The molecule has 0 nitrogen and oxygen atoms in total. The molecule has 18 heavy (non-hydrogen) atoms. The number of hydrogen-bond acceptors (Lipinski definition) is 0. The third kappa shape index (κ3) is 13.6. The van der Waals surface area contributed by atoms with Crippen LogP contribution in [0.5, 0.6) is 0 Å². The van der Waals surface area contributed by atoms with Gasteiger partial charge < -0.3 is 0 Å². The zero-order valence-corrected chi connectivity index (χ0v) is 12.5. The van der Waals surface area contributed by atoms with Crippen LogP contribution in [0.1, 0.15) is 84.0 Å². The van der Waals surface area contributed by atoms with Crippen LogP contribution in [0, 0.1) is 31.6 Å². The van der Waals surface area contributed by atoms with Gasteiger partial charge in [0.05, 0.1) is 0 Å². The largest absolute Gasteiger partial charge is 0.103 e. The van der Waals surface area contributed by atoms with Gasteiger partial charge in [-0.05, 0) is 18.8 Å². The van der Waals surface area contributed by atoms with E-state index in [1.807, 2.05) is 0 Å². The highest BCUT2D eigenvalue weighted by Gasteiger charge is 1.99. The lowest BCUT2D eigenvalue weighted by Crippen LogP contribution is -1.93. The maximum absolute atomic E-state index is 3.87. The monoisotopic (exact) mass is 248 g/mol. The molecule has 2 radical (unpaired) electrons. The van der Waals surface area contributed by atoms with Crippen LogP contribution < -0.4 is 0 Å². The first kappa shape index (κ1) is 17.6. The van der Waals surface area contributed by atoms with Gasteiger partial charge >= 0.3 is 0 Å². The number of rotatable bonds is 11. The van der Waals surface area contributed by atoms with Crippen molar-refractivity contribution < 1.29 is 0 Å². The van der Waals surface area contributed by atoms with E-state index >= 15 is 0 Å². The highest BCUT2D eigenvalue weighted by Crippen LogP contribution is 2.13. The molecular formula is C18H32. The van der Waals surface area contributed by atoms with Gasteiger partial charge in [-0.1, -0.05) is 72.1 Å². The topological polar surface area (TPSA) is 0 Å². The molecule has 0 amide bonds. The first-order valence-electron chi connectivity index (χ1n) is 7.85. The third-order valence-electron chi connectivity index (χ3n) is 3.32. The normalized spacial score (nSPS) is 11.9. The summed E-state index contributed by atoms with van der Waals surface area (Å²) in [5, 5.41) is 0. The first-order valence-corrected chi connectivity index (χ1v) is 7.85. The van der Waals surface area contributed by atoms with E-state index in [0.29, 0.717) is 0 Å². The molecule has 0 aliphatic carbocycles. The second kappa shape index (κ2) is 14.6. The van der Waals surface area contributed by atoms with Gasteiger partial charge in [0.2, 0.25) is 0 Å². The summed E-state index contributed by atoms with van der Waals surface area (Å²) in [7, 11) is 0. The predicted octanol–water partition coefficient (Wildman–Crippen LogP) is 5.98. The molecule has 0 saturated heterocycles. The second-order valence-corrected chi connectivity index (χ2v) is 5.38. The van der Waals surface area contributed by atoms with E-state index in [2.05, 4.69) is 32.6 Å². The molecule has 0 heterocycles. The Morgan fingerprint density at radius 2 is 1.39 bits per heavy atom.